The molecule has 0 aliphatic carbocycles. The molecule has 0 spiro atoms. The van der Waals surface area contributed by atoms with Crippen molar-refractivity contribution in [3.05, 3.63) is 34.9 Å². The fourth-order valence-electron chi connectivity index (χ4n) is 4.80. The number of alkyl halides is 3. The average Bonchev–Trinajstić information content (AvgIpc) is 2.92. The second-order valence-corrected chi connectivity index (χ2v) is 10.4. The number of nitrogens with one attached hydrogen (secondary N) is 2. The smallest absolute Gasteiger partial charge is 0.490 e. The molecule has 3 rings (SSSR count). The van der Waals surface area contributed by atoms with Crippen molar-refractivity contribution < 1.29 is 47.2 Å². The molecule has 0 bridgehead atoms. The third kappa shape index (κ3) is 13.1. The van der Waals surface area contributed by atoms with Crippen molar-refractivity contribution in [2.75, 3.05) is 46.0 Å². The molecule has 4 atom stereocenters. The molecule has 2 aliphatic heterocycles. The lowest BCUT2D eigenvalue weighted by atomic mass is 9.88. The highest BCUT2D eigenvalue weighted by molar-refractivity contribution is 6.30. The molecule has 3 amide bonds. The van der Waals surface area contributed by atoms with Crippen LogP contribution in [-0.2, 0) is 14.3 Å². The van der Waals surface area contributed by atoms with E-state index in [9.17, 15) is 27.9 Å². The third-order valence-electron chi connectivity index (χ3n) is 6.67. The summed E-state index contributed by atoms with van der Waals surface area (Å²) in [5, 5.41) is 23.6. The van der Waals surface area contributed by atoms with Crippen molar-refractivity contribution in [3.8, 4) is 0 Å². The van der Waals surface area contributed by atoms with Gasteiger partial charge < -0.3 is 45.7 Å². The summed E-state index contributed by atoms with van der Waals surface area (Å²) < 4.78 is 43.3. The van der Waals surface area contributed by atoms with Gasteiger partial charge in [0.15, 0.2) is 0 Å². The number of benzene rings is 1. The van der Waals surface area contributed by atoms with Crippen molar-refractivity contribution in [2.24, 2.45) is 17.6 Å². The van der Waals surface area contributed by atoms with Crippen LogP contribution in [-0.4, -0.2) is 86.3 Å². The SMILES string of the molecule is N[C@H](CNC(=O)N1CCC[C@@H]([C@@H](OCCNC(=O)[O-])c2cccc(Cl)c2)C1)C[C@H]1CCCOC1.O=C(O)C(F)(F)F. The van der Waals surface area contributed by atoms with Crippen LogP contribution in [0.15, 0.2) is 24.3 Å². The van der Waals surface area contributed by atoms with Gasteiger partial charge in [0.05, 0.1) is 12.7 Å². The summed E-state index contributed by atoms with van der Waals surface area (Å²) in [7, 11) is 0. The number of rotatable bonds is 10. The van der Waals surface area contributed by atoms with E-state index in [1.165, 1.54) is 0 Å². The number of amides is 3. The Morgan fingerprint density at radius 2 is 1.98 bits per heavy atom. The molecule has 0 radical (unpaired) electrons. The van der Waals surface area contributed by atoms with Crippen LogP contribution < -0.4 is 21.5 Å². The summed E-state index contributed by atoms with van der Waals surface area (Å²) in [4.78, 5) is 34.2. The molecule has 1 aromatic carbocycles. The van der Waals surface area contributed by atoms with Crippen molar-refractivity contribution >= 4 is 29.7 Å². The number of nitrogens with two attached hydrogens (primary N) is 1. The number of halogens is 4. The quantitative estimate of drug-likeness (QED) is 0.294. The number of piperidine rings is 1. The number of aliphatic carboxylic acids is 1. The lowest BCUT2D eigenvalue weighted by Crippen LogP contribution is -2.49. The molecule has 15 heteroatoms. The summed E-state index contributed by atoms with van der Waals surface area (Å²) in [6.45, 7) is 3.52. The zero-order valence-electron chi connectivity index (χ0n) is 22.5. The minimum absolute atomic E-state index is 0.0500. The highest BCUT2D eigenvalue weighted by Crippen LogP contribution is 2.34. The number of nitrogens with zero attached hydrogens (tertiary/aromatic N) is 1. The van der Waals surface area contributed by atoms with E-state index in [-0.39, 0.29) is 37.2 Å². The summed E-state index contributed by atoms with van der Waals surface area (Å²) >= 11 is 6.20. The topological polar surface area (TPSA) is 166 Å². The van der Waals surface area contributed by atoms with Crippen molar-refractivity contribution in [1.29, 1.82) is 0 Å². The van der Waals surface area contributed by atoms with Crippen LogP contribution in [0.4, 0.5) is 22.8 Å². The summed E-state index contributed by atoms with van der Waals surface area (Å²) in [6, 6.07) is 7.22. The minimum atomic E-state index is -5.08. The number of carboxylic acids is 1. The molecular weight excluding hydrogens is 573 g/mol. The Hall–Kier alpha value is -2.81. The predicted octanol–water partition coefficient (Wildman–Crippen LogP) is 2.53. The van der Waals surface area contributed by atoms with Crippen LogP contribution in [0.1, 0.15) is 43.8 Å². The van der Waals surface area contributed by atoms with Gasteiger partial charge in [-0.25, -0.2) is 9.59 Å². The molecule has 0 aromatic heterocycles. The van der Waals surface area contributed by atoms with E-state index in [1.54, 1.807) is 6.07 Å². The van der Waals surface area contributed by atoms with Gasteiger partial charge in [0, 0.05) is 56.4 Å². The maximum Gasteiger partial charge on any atom is 0.490 e. The number of likely N-dealkylation sites (tertiary alicyclic amines) is 1. The van der Waals surface area contributed by atoms with E-state index in [0.717, 1.165) is 50.9 Å². The molecular formula is C26H37ClF3N4O7-. The van der Waals surface area contributed by atoms with E-state index < -0.39 is 18.2 Å². The van der Waals surface area contributed by atoms with E-state index >= 15 is 0 Å². The van der Waals surface area contributed by atoms with Gasteiger partial charge >= 0.3 is 18.2 Å². The molecule has 0 saturated carbocycles. The van der Waals surface area contributed by atoms with Crippen LogP contribution >= 0.6 is 11.6 Å². The molecule has 0 unspecified atom stereocenters. The first-order valence-corrected chi connectivity index (χ1v) is 13.7. The maximum absolute atomic E-state index is 12.9. The summed E-state index contributed by atoms with van der Waals surface area (Å²) in [5.41, 5.74) is 7.17. The average molecular weight is 610 g/mol. The largest absolute Gasteiger partial charge is 0.530 e. The first-order valence-electron chi connectivity index (χ1n) is 13.3. The molecule has 1 aromatic rings. The standard InChI is InChI=1S/C24H37ClN4O5.C2HF3O2/c25-20-7-1-5-18(13-20)22(34-11-8-27-24(31)32)19-6-2-9-29(15-19)23(30)28-14-21(26)12-17-4-3-10-33-16-17;3-2(4,5)1(6)7/h1,5,7,13,17,19,21-22,27H,2-4,6,8-12,14-16,26H2,(H,28,30)(H,31,32);(H,6,7)/p-1/t17-,19-,21+,22+;/m1./s1. The molecule has 41 heavy (non-hydrogen) atoms. The van der Waals surface area contributed by atoms with Gasteiger partial charge in [-0.3, -0.25) is 0 Å². The Kier molecular flexibility index (Phi) is 14.4. The highest BCUT2D eigenvalue weighted by Gasteiger charge is 2.38. The minimum Gasteiger partial charge on any atom is -0.530 e. The lowest BCUT2D eigenvalue weighted by molar-refractivity contribution is -0.251. The van der Waals surface area contributed by atoms with E-state index in [4.69, 9.17) is 36.7 Å². The Morgan fingerprint density at radius 3 is 2.59 bits per heavy atom. The molecule has 2 aliphatic rings. The molecule has 2 saturated heterocycles. The van der Waals surface area contributed by atoms with Gasteiger partial charge in [-0.1, -0.05) is 23.7 Å². The van der Waals surface area contributed by atoms with Crippen molar-refractivity contribution in [2.45, 2.75) is 50.4 Å². The van der Waals surface area contributed by atoms with Crippen LogP contribution in [0.25, 0.3) is 0 Å². The van der Waals surface area contributed by atoms with E-state index in [1.807, 2.05) is 23.1 Å². The fraction of sp³-hybridized carbons (Fsp3) is 0.654. The molecule has 2 fully saturated rings. The van der Waals surface area contributed by atoms with E-state index in [0.29, 0.717) is 30.6 Å². The number of ether oxygens (including phenoxy) is 2. The third-order valence-corrected chi connectivity index (χ3v) is 6.90. The summed E-state index contributed by atoms with van der Waals surface area (Å²) in [6.07, 6.45) is -1.97. The Morgan fingerprint density at radius 1 is 1.24 bits per heavy atom. The first-order chi connectivity index (χ1) is 19.4. The first kappa shape index (κ1) is 34.4. The fourth-order valence-corrected chi connectivity index (χ4v) is 5.00. The number of carboxylic acid groups (broad SMARTS) is 2. The lowest BCUT2D eigenvalue weighted by Gasteiger charge is -2.37. The number of hydrogen-bond donors (Lipinski definition) is 4. The van der Waals surface area contributed by atoms with Crippen LogP contribution in [0.3, 0.4) is 0 Å². The zero-order valence-corrected chi connectivity index (χ0v) is 23.3. The van der Waals surface area contributed by atoms with Crippen molar-refractivity contribution in [1.82, 2.24) is 15.5 Å². The maximum atomic E-state index is 12.9. The van der Waals surface area contributed by atoms with Gasteiger partial charge in [0.1, 0.15) is 6.09 Å². The van der Waals surface area contributed by atoms with Crippen LogP contribution in [0.5, 0.6) is 0 Å². The molecule has 11 nitrogen and oxygen atoms in total. The number of urea groups is 1. The number of hydrogen-bond acceptors (Lipinski definition) is 7. The molecule has 5 N–H and O–H groups in total. The molecule has 232 valence electrons. The Labute approximate surface area is 241 Å². The Balaban J connectivity index is 0.000000745. The van der Waals surface area contributed by atoms with Crippen molar-refractivity contribution in [3.63, 3.8) is 0 Å². The van der Waals surface area contributed by atoms with Gasteiger partial charge in [-0.2, -0.15) is 13.2 Å². The van der Waals surface area contributed by atoms with E-state index in [2.05, 4.69) is 10.6 Å². The van der Waals surface area contributed by atoms with Gasteiger partial charge in [-0.05, 0) is 55.7 Å². The number of carbonyl (C=O) groups is 3. The predicted molar refractivity (Wildman–Crippen MR) is 141 cm³/mol. The normalized spacial score (nSPS) is 20.7. The highest BCUT2D eigenvalue weighted by atomic mass is 35.5. The van der Waals surface area contributed by atoms with Gasteiger partial charge in [0.2, 0.25) is 0 Å². The molecule has 2 heterocycles. The number of carbonyl (C=O) groups excluding carboxylic acids is 2. The van der Waals surface area contributed by atoms with Crippen LogP contribution in [0, 0.1) is 11.8 Å². The van der Waals surface area contributed by atoms with Crippen LogP contribution in [0.2, 0.25) is 5.02 Å². The zero-order chi connectivity index (χ0) is 30.4. The van der Waals surface area contributed by atoms with Gasteiger partial charge in [-0.15, -0.1) is 0 Å². The monoisotopic (exact) mass is 609 g/mol. The van der Waals surface area contributed by atoms with Gasteiger partial charge in [0.25, 0.3) is 0 Å². The Bertz CT molecular complexity index is 983. The second kappa shape index (κ2) is 17.2. The second-order valence-electron chi connectivity index (χ2n) is 9.98. The summed E-state index contributed by atoms with van der Waals surface area (Å²) in [5.74, 6) is -2.25.